The molecule has 2 amide bonds. The molecule has 0 aromatic heterocycles. The van der Waals surface area contributed by atoms with Crippen LogP contribution in [0, 0.1) is 5.92 Å². The van der Waals surface area contributed by atoms with Gasteiger partial charge in [0.1, 0.15) is 0 Å². The molecule has 0 heterocycles. The van der Waals surface area contributed by atoms with Crippen LogP contribution in [0.5, 0.6) is 11.5 Å². The normalized spacial score (nSPS) is 10.5. The van der Waals surface area contributed by atoms with Crippen LogP contribution in [0.3, 0.4) is 0 Å². The minimum atomic E-state index is -0.282. The van der Waals surface area contributed by atoms with Gasteiger partial charge in [-0.3, -0.25) is 0 Å². The summed E-state index contributed by atoms with van der Waals surface area (Å²) >= 11 is 0. The number of ether oxygens (including phenoxy) is 2. The fourth-order valence-corrected chi connectivity index (χ4v) is 2.01. The summed E-state index contributed by atoms with van der Waals surface area (Å²) < 4.78 is 11.1. The fourth-order valence-electron chi connectivity index (χ4n) is 2.01. The standard InChI is InChI=1S/C17H28N2O4/c1-13(2)6-5-11-23-16-12-14(7-8-15(16)22-4)18-17(21)19(3)9-10-20/h7-8,12-13,20H,5-6,9-11H2,1-4H3,(H,18,21). The van der Waals surface area contributed by atoms with Crippen LogP contribution in [0.1, 0.15) is 26.7 Å². The average Bonchev–Trinajstić information content (AvgIpc) is 2.51. The van der Waals surface area contributed by atoms with Crippen molar-refractivity contribution < 1.29 is 19.4 Å². The Balaban J connectivity index is 2.68. The van der Waals surface area contributed by atoms with Gasteiger partial charge in [-0.15, -0.1) is 0 Å². The first-order valence-electron chi connectivity index (χ1n) is 7.91. The lowest BCUT2D eigenvalue weighted by atomic mass is 10.1. The molecule has 0 saturated carbocycles. The van der Waals surface area contributed by atoms with Crippen molar-refractivity contribution in [3.05, 3.63) is 18.2 Å². The molecule has 0 unspecified atom stereocenters. The van der Waals surface area contributed by atoms with Gasteiger partial charge in [0.05, 0.1) is 20.3 Å². The Morgan fingerprint density at radius 3 is 2.70 bits per heavy atom. The van der Waals surface area contributed by atoms with Crippen molar-refractivity contribution in [2.75, 3.05) is 39.2 Å². The second kappa shape index (κ2) is 9.94. The van der Waals surface area contributed by atoms with E-state index < -0.39 is 0 Å². The summed E-state index contributed by atoms with van der Waals surface area (Å²) in [6.07, 6.45) is 2.07. The lowest BCUT2D eigenvalue weighted by Crippen LogP contribution is -2.33. The number of urea groups is 1. The Kier molecular flexibility index (Phi) is 8.26. The van der Waals surface area contributed by atoms with E-state index in [9.17, 15) is 4.79 Å². The van der Waals surface area contributed by atoms with Crippen LogP contribution < -0.4 is 14.8 Å². The van der Waals surface area contributed by atoms with Crippen LogP contribution in [0.2, 0.25) is 0 Å². The molecule has 0 aliphatic carbocycles. The molecule has 0 bridgehead atoms. The number of amides is 2. The van der Waals surface area contributed by atoms with Crippen molar-refractivity contribution in [2.24, 2.45) is 5.92 Å². The fraction of sp³-hybridized carbons (Fsp3) is 0.588. The molecule has 0 aliphatic rings. The zero-order valence-electron chi connectivity index (χ0n) is 14.5. The van der Waals surface area contributed by atoms with E-state index in [0.29, 0.717) is 29.7 Å². The number of benzene rings is 1. The van der Waals surface area contributed by atoms with E-state index >= 15 is 0 Å². The second-order valence-electron chi connectivity index (χ2n) is 5.83. The van der Waals surface area contributed by atoms with Gasteiger partial charge >= 0.3 is 6.03 Å². The molecule has 6 heteroatoms. The minimum absolute atomic E-state index is 0.0727. The van der Waals surface area contributed by atoms with Crippen LogP contribution in [-0.2, 0) is 0 Å². The van der Waals surface area contributed by atoms with Gasteiger partial charge in [-0.05, 0) is 30.9 Å². The molecule has 0 fully saturated rings. The highest BCUT2D eigenvalue weighted by Crippen LogP contribution is 2.30. The molecule has 1 aromatic rings. The molecule has 6 nitrogen and oxygen atoms in total. The molecule has 0 aliphatic heterocycles. The Hall–Kier alpha value is -1.95. The van der Waals surface area contributed by atoms with Crippen molar-refractivity contribution >= 4 is 11.7 Å². The number of nitrogens with zero attached hydrogens (tertiary/aromatic N) is 1. The smallest absolute Gasteiger partial charge is 0.321 e. The second-order valence-corrected chi connectivity index (χ2v) is 5.83. The summed E-state index contributed by atoms with van der Waals surface area (Å²) in [7, 11) is 3.21. The summed E-state index contributed by atoms with van der Waals surface area (Å²) in [5, 5.41) is 11.6. The van der Waals surface area contributed by atoms with Gasteiger partial charge in [0.15, 0.2) is 11.5 Å². The topological polar surface area (TPSA) is 71.0 Å². The van der Waals surface area contributed by atoms with Crippen molar-refractivity contribution in [1.29, 1.82) is 0 Å². The van der Waals surface area contributed by atoms with Crippen molar-refractivity contribution in [1.82, 2.24) is 4.90 Å². The number of aliphatic hydroxyl groups excluding tert-OH is 1. The summed E-state index contributed by atoms with van der Waals surface area (Å²) in [6, 6.07) is 4.98. The largest absolute Gasteiger partial charge is 0.493 e. The number of aliphatic hydroxyl groups is 1. The number of nitrogens with one attached hydrogen (secondary N) is 1. The molecular formula is C17H28N2O4. The Bertz CT molecular complexity index is 491. The van der Waals surface area contributed by atoms with E-state index in [1.54, 1.807) is 32.4 Å². The molecule has 23 heavy (non-hydrogen) atoms. The molecular weight excluding hydrogens is 296 g/mol. The number of carbonyl (C=O) groups is 1. The third-order valence-corrected chi connectivity index (χ3v) is 3.38. The van der Waals surface area contributed by atoms with Gasteiger partial charge in [-0.2, -0.15) is 0 Å². The minimum Gasteiger partial charge on any atom is -0.493 e. The third-order valence-electron chi connectivity index (χ3n) is 3.38. The summed E-state index contributed by atoms with van der Waals surface area (Å²) in [5.74, 6) is 1.89. The maximum atomic E-state index is 11.9. The first kappa shape index (κ1) is 19.1. The highest BCUT2D eigenvalue weighted by molar-refractivity contribution is 5.89. The van der Waals surface area contributed by atoms with E-state index in [0.717, 1.165) is 12.8 Å². The predicted molar refractivity (Wildman–Crippen MR) is 91.3 cm³/mol. The molecule has 1 rings (SSSR count). The van der Waals surface area contributed by atoms with E-state index in [4.69, 9.17) is 14.6 Å². The quantitative estimate of drug-likeness (QED) is 0.685. The first-order chi connectivity index (χ1) is 11.0. The summed E-state index contributed by atoms with van der Waals surface area (Å²) in [6.45, 7) is 5.17. The SMILES string of the molecule is COc1ccc(NC(=O)N(C)CCO)cc1OCCCC(C)C. The molecule has 1 aromatic carbocycles. The third kappa shape index (κ3) is 6.78. The first-order valence-corrected chi connectivity index (χ1v) is 7.91. The van der Waals surface area contributed by atoms with Gasteiger partial charge in [0.25, 0.3) is 0 Å². The van der Waals surface area contributed by atoms with Crippen LogP contribution in [0.15, 0.2) is 18.2 Å². The number of rotatable bonds is 9. The van der Waals surface area contributed by atoms with E-state index in [1.807, 2.05) is 0 Å². The van der Waals surface area contributed by atoms with Crippen molar-refractivity contribution in [2.45, 2.75) is 26.7 Å². The summed E-state index contributed by atoms with van der Waals surface area (Å²) in [4.78, 5) is 13.3. The molecule has 0 spiro atoms. The number of hydrogen-bond acceptors (Lipinski definition) is 4. The summed E-state index contributed by atoms with van der Waals surface area (Å²) in [5.41, 5.74) is 0.624. The van der Waals surface area contributed by atoms with E-state index in [2.05, 4.69) is 19.2 Å². The molecule has 0 saturated heterocycles. The molecule has 0 atom stereocenters. The molecule has 130 valence electrons. The van der Waals surface area contributed by atoms with Crippen LogP contribution in [0.4, 0.5) is 10.5 Å². The molecule has 2 N–H and O–H groups in total. The van der Waals surface area contributed by atoms with Crippen molar-refractivity contribution in [3.8, 4) is 11.5 Å². The number of likely N-dealkylation sites (N-methyl/N-ethyl adjacent to an activating group) is 1. The Morgan fingerprint density at radius 1 is 1.35 bits per heavy atom. The maximum absolute atomic E-state index is 11.9. The van der Waals surface area contributed by atoms with Crippen LogP contribution in [-0.4, -0.2) is 50.0 Å². The van der Waals surface area contributed by atoms with Gasteiger partial charge in [-0.25, -0.2) is 4.79 Å². The van der Waals surface area contributed by atoms with Crippen LogP contribution in [0.25, 0.3) is 0 Å². The van der Waals surface area contributed by atoms with Crippen molar-refractivity contribution in [3.63, 3.8) is 0 Å². The molecule has 0 radical (unpaired) electrons. The van der Waals surface area contributed by atoms with Gasteiger partial charge in [0, 0.05) is 25.3 Å². The Labute approximate surface area is 138 Å². The predicted octanol–water partition coefficient (Wildman–Crippen LogP) is 2.97. The van der Waals surface area contributed by atoms with E-state index in [1.165, 1.54) is 4.90 Å². The lowest BCUT2D eigenvalue weighted by Gasteiger charge is -2.18. The number of anilines is 1. The number of carbonyl (C=O) groups excluding carboxylic acids is 1. The van der Waals surface area contributed by atoms with Gasteiger partial charge < -0.3 is 24.8 Å². The number of hydrogen-bond donors (Lipinski definition) is 2. The highest BCUT2D eigenvalue weighted by Gasteiger charge is 2.11. The zero-order valence-corrected chi connectivity index (χ0v) is 14.5. The Morgan fingerprint density at radius 2 is 2.09 bits per heavy atom. The van der Waals surface area contributed by atoms with E-state index in [-0.39, 0.29) is 19.2 Å². The lowest BCUT2D eigenvalue weighted by molar-refractivity contribution is 0.202. The number of methoxy groups -OCH3 is 1. The monoisotopic (exact) mass is 324 g/mol. The maximum Gasteiger partial charge on any atom is 0.321 e. The highest BCUT2D eigenvalue weighted by atomic mass is 16.5. The zero-order chi connectivity index (χ0) is 17.2. The van der Waals surface area contributed by atoms with Crippen LogP contribution >= 0.6 is 0 Å². The van der Waals surface area contributed by atoms with Gasteiger partial charge in [0.2, 0.25) is 0 Å². The van der Waals surface area contributed by atoms with Gasteiger partial charge in [-0.1, -0.05) is 13.8 Å². The average molecular weight is 324 g/mol.